The molecular weight excluding hydrogens is 411 g/mol. The summed E-state index contributed by atoms with van der Waals surface area (Å²) in [5, 5.41) is 0. The summed E-state index contributed by atoms with van der Waals surface area (Å²) in [6.45, 7) is 0. The van der Waals surface area contributed by atoms with Gasteiger partial charge in [-0.1, -0.05) is 15.9 Å². The molecule has 18 heavy (non-hydrogen) atoms. The number of ketones is 1. The molecule has 0 N–H and O–H groups in total. The number of rotatable bonds is 3. The Morgan fingerprint density at radius 2 is 2.06 bits per heavy atom. The Hall–Kier alpha value is -1.02. The van der Waals surface area contributed by atoms with Gasteiger partial charge in [0.25, 0.3) is 0 Å². The molecule has 0 aliphatic rings. The average molecular weight is 419 g/mol. The number of carbonyl (C=O) groups is 1. The minimum Gasteiger partial charge on any atom is -0.479 e. The minimum atomic E-state index is -0.203. The van der Waals surface area contributed by atoms with Crippen LogP contribution in [0.4, 0.5) is 0 Å². The molecule has 2 rings (SSSR count). The molecule has 4 nitrogen and oxygen atoms in total. The highest BCUT2D eigenvalue weighted by atomic mass is 127. The lowest BCUT2D eigenvalue weighted by Gasteiger charge is -2.06. The zero-order valence-corrected chi connectivity index (χ0v) is 13.1. The monoisotopic (exact) mass is 418 g/mol. The lowest BCUT2D eigenvalue weighted by molar-refractivity contribution is 0.102. The third-order valence-corrected chi connectivity index (χ3v) is 3.68. The van der Waals surface area contributed by atoms with Crippen molar-refractivity contribution in [3.05, 3.63) is 49.9 Å². The van der Waals surface area contributed by atoms with E-state index in [4.69, 9.17) is 4.74 Å². The van der Waals surface area contributed by atoms with E-state index in [1.54, 1.807) is 6.07 Å². The van der Waals surface area contributed by atoms with E-state index in [0.29, 0.717) is 5.56 Å². The van der Waals surface area contributed by atoms with E-state index >= 15 is 0 Å². The summed E-state index contributed by atoms with van der Waals surface area (Å²) in [6.07, 6.45) is 2.96. The molecule has 0 saturated carbocycles. The fraction of sp³-hybridized carbons (Fsp3) is 0.0833. The maximum absolute atomic E-state index is 12.4. The fourth-order valence-electron chi connectivity index (χ4n) is 1.43. The van der Waals surface area contributed by atoms with Crippen LogP contribution in [0.15, 0.2) is 35.1 Å². The lowest BCUT2D eigenvalue weighted by Crippen LogP contribution is -2.09. The zero-order chi connectivity index (χ0) is 13.1. The molecule has 0 aliphatic heterocycles. The molecule has 1 heterocycles. The molecule has 2 aromatic rings. The van der Waals surface area contributed by atoms with Crippen molar-refractivity contribution in [3.8, 4) is 5.88 Å². The molecule has 0 fully saturated rings. The van der Waals surface area contributed by atoms with Crippen LogP contribution < -0.4 is 4.74 Å². The maximum Gasteiger partial charge on any atom is 0.243 e. The Balaban J connectivity index is 2.51. The maximum atomic E-state index is 12.4. The second kappa shape index (κ2) is 5.75. The van der Waals surface area contributed by atoms with E-state index in [1.807, 2.05) is 12.1 Å². The molecule has 1 aromatic carbocycles. The molecule has 1 aromatic heterocycles. The Morgan fingerprint density at radius 1 is 1.33 bits per heavy atom. The summed E-state index contributed by atoms with van der Waals surface area (Å²) in [7, 11) is 1.46. The first kappa shape index (κ1) is 13.4. The fourth-order valence-corrected chi connectivity index (χ4v) is 2.37. The van der Waals surface area contributed by atoms with Crippen molar-refractivity contribution in [3.63, 3.8) is 0 Å². The van der Waals surface area contributed by atoms with Gasteiger partial charge in [-0.25, -0.2) is 9.97 Å². The standard InChI is InChI=1S/C12H8BrIN2O2/c1-18-12-10(15-4-5-16-12)11(17)8-6-7(13)2-3-9(8)14/h2-6H,1H3. The van der Waals surface area contributed by atoms with Gasteiger partial charge < -0.3 is 4.74 Å². The van der Waals surface area contributed by atoms with Gasteiger partial charge in [-0.2, -0.15) is 0 Å². The van der Waals surface area contributed by atoms with E-state index in [-0.39, 0.29) is 17.4 Å². The molecule has 6 heteroatoms. The highest BCUT2D eigenvalue weighted by molar-refractivity contribution is 14.1. The van der Waals surface area contributed by atoms with Crippen LogP contribution in [0.3, 0.4) is 0 Å². The van der Waals surface area contributed by atoms with Crippen molar-refractivity contribution in [1.82, 2.24) is 9.97 Å². The van der Waals surface area contributed by atoms with Crippen molar-refractivity contribution >= 4 is 44.3 Å². The highest BCUT2D eigenvalue weighted by Gasteiger charge is 2.19. The van der Waals surface area contributed by atoms with Crippen molar-refractivity contribution in [2.45, 2.75) is 0 Å². The number of benzene rings is 1. The smallest absolute Gasteiger partial charge is 0.243 e. The number of methoxy groups -OCH3 is 1. The summed E-state index contributed by atoms with van der Waals surface area (Å²) >= 11 is 5.46. The van der Waals surface area contributed by atoms with Crippen LogP contribution in [0.2, 0.25) is 0 Å². The van der Waals surface area contributed by atoms with Gasteiger partial charge in [0, 0.05) is 26.0 Å². The van der Waals surface area contributed by atoms with Gasteiger partial charge >= 0.3 is 0 Å². The minimum absolute atomic E-state index is 0.203. The molecule has 92 valence electrons. The topological polar surface area (TPSA) is 52.1 Å². The largest absolute Gasteiger partial charge is 0.479 e. The van der Waals surface area contributed by atoms with E-state index in [0.717, 1.165) is 8.04 Å². The summed E-state index contributed by atoms with van der Waals surface area (Å²) in [5.41, 5.74) is 0.791. The number of hydrogen-bond acceptors (Lipinski definition) is 4. The van der Waals surface area contributed by atoms with E-state index in [1.165, 1.54) is 19.5 Å². The Labute approximate surface area is 126 Å². The van der Waals surface area contributed by atoms with E-state index in [9.17, 15) is 4.79 Å². The summed E-state index contributed by atoms with van der Waals surface area (Å²) < 4.78 is 6.75. The zero-order valence-electron chi connectivity index (χ0n) is 9.35. The number of nitrogens with zero attached hydrogens (tertiary/aromatic N) is 2. The predicted molar refractivity (Wildman–Crippen MR) is 78.9 cm³/mol. The normalized spacial score (nSPS) is 10.2. The molecule has 0 aliphatic carbocycles. The quantitative estimate of drug-likeness (QED) is 0.567. The number of aromatic nitrogens is 2. The first-order valence-corrected chi connectivity index (χ1v) is 6.85. The summed E-state index contributed by atoms with van der Waals surface area (Å²) in [6, 6.07) is 5.51. The molecular formula is C12H8BrIN2O2. The molecule has 0 amide bonds. The second-order valence-corrected chi connectivity index (χ2v) is 5.45. The number of carbonyl (C=O) groups excluding carboxylic acids is 1. The molecule has 0 atom stereocenters. The molecule has 0 bridgehead atoms. The van der Waals surface area contributed by atoms with E-state index in [2.05, 4.69) is 48.5 Å². The first-order valence-electron chi connectivity index (χ1n) is 4.98. The van der Waals surface area contributed by atoms with Crippen LogP contribution in [-0.2, 0) is 0 Å². The van der Waals surface area contributed by atoms with Crippen LogP contribution in [0.25, 0.3) is 0 Å². The number of hydrogen-bond donors (Lipinski definition) is 0. The van der Waals surface area contributed by atoms with Crippen molar-refractivity contribution < 1.29 is 9.53 Å². The third-order valence-electron chi connectivity index (χ3n) is 2.25. The van der Waals surface area contributed by atoms with Gasteiger partial charge in [0.15, 0.2) is 5.69 Å². The molecule has 0 radical (unpaired) electrons. The van der Waals surface area contributed by atoms with E-state index < -0.39 is 0 Å². The average Bonchev–Trinajstić information content (AvgIpc) is 2.40. The van der Waals surface area contributed by atoms with Crippen LogP contribution in [0, 0.1) is 3.57 Å². The molecule has 0 unspecified atom stereocenters. The van der Waals surface area contributed by atoms with Crippen molar-refractivity contribution in [2.75, 3.05) is 7.11 Å². The first-order chi connectivity index (χ1) is 8.63. The second-order valence-electron chi connectivity index (χ2n) is 3.37. The lowest BCUT2D eigenvalue weighted by atomic mass is 10.1. The number of ether oxygens (including phenoxy) is 1. The third kappa shape index (κ3) is 2.69. The van der Waals surface area contributed by atoms with Gasteiger partial charge in [-0.05, 0) is 40.8 Å². The van der Waals surface area contributed by atoms with Crippen LogP contribution in [0.5, 0.6) is 5.88 Å². The van der Waals surface area contributed by atoms with Gasteiger partial charge in [-0.3, -0.25) is 4.79 Å². The predicted octanol–water partition coefficient (Wildman–Crippen LogP) is 3.08. The van der Waals surface area contributed by atoms with Crippen LogP contribution >= 0.6 is 38.5 Å². The van der Waals surface area contributed by atoms with Gasteiger partial charge in [-0.15, -0.1) is 0 Å². The number of halogens is 2. The van der Waals surface area contributed by atoms with Crippen molar-refractivity contribution in [1.29, 1.82) is 0 Å². The summed E-state index contributed by atoms with van der Waals surface area (Å²) in [4.78, 5) is 20.4. The van der Waals surface area contributed by atoms with Crippen molar-refractivity contribution in [2.24, 2.45) is 0 Å². The van der Waals surface area contributed by atoms with Gasteiger partial charge in [0.05, 0.1) is 7.11 Å². The Kier molecular flexibility index (Phi) is 4.28. The molecule has 0 saturated heterocycles. The van der Waals surface area contributed by atoms with Crippen LogP contribution in [-0.4, -0.2) is 22.9 Å². The SMILES string of the molecule is COc1nccnc1C(=O)c1cc(Br)ccc1I. The molecule has 0 spiro atoms. The summed E-state index contributed by atoms with van der Waals surface area (Å²) in [5.74, 6) is 0.0314. The van der Waals surface area contributed by atoms with Gasteiger partial charge in [0.2, 0.25) is 11.7 Å². The Bertz CT molecular complexity index is 604. The highest BCUT2D eigenvalue weighted by Crippen LogP contribution is 2.23. The van der Waals surface area contributed by atoms with Gasteiger partial charge in [0.1, 0.15) is 0 Å². The van der Waals surface area contributed by atoms with Crippen LogP contribution in [0.1, 0.15) is 16.1 Å². The Morgan fingerprint density at radius 3 is 2.78 bits per heavy atom.